The minimum absolute atomic E-state index is 0.0320. The lowest BCUT2D eigenvalue weighted by molar-refractivity contribution is -0.116. The van der Waals surface area contributed by atoms with Crippen LogP contribution < -0.4 is 11.1 Å². The predicted molar refractivity (Wildman–Crippen MR) is 144 cm³/mol. The third-order valence-corrected chi connectivity index (χ3v) is 6.33. The lowest BCUT2D eigenvalue weighted by atomic mass is 10.0. The van der Waals surface area contributed by atoms with Crippen molar-refractivity contribution in [2.45, 2.75) is 25.8 Å². The van der Waals surface area contributed by atoms with E-state index in [0.29, 0.717) is 28.7 Å². The Balaban J connectivity index is 1.20. The first-order valence-corrected chi connectivity index (χ1v) is 12.4. The summed E-state index contributed by atoms with van der Waals surface area (Å²) in [5.74, 6) is 1.30. The van der Waals surface area contributed by atoms with E-state index in [-0.39, 0.29) is 29.9 Å². The van der Waals surface area contributed by atoms with Crippen molar-refractivity contribution in [2.24, 2.45) is 0 Å². The zero-order valence-electron chi connectivity index (χ0n) is 21.0. The fourth-order valence-electron chi connectivity index (χ4n) is 4.45. The standard InChI is InChI=1S/C28H24N8O3/c1-17(14-18-8-3-2-4-9-18)28-32-26(35-38-28)19-10-7-11-20(15-19)30-23(37)16-36-22-13-6-5-12-21(22)31-27(36)24-25(29)34-39-33-24/h2-13,15,17H,14,16H2,1H3,(H2,29,34)(H,30,37). The number of aromatic nitrogens is 6. The van der Waals surface area contributed by atoms with E-state index in [0.717, 1.165) is 17.5 Å². The Morgan fingerprint density at radius 3 is 2.62 bits per heavy atom. The number of para-hydroxylation sites is 2. The Labute approximate surface area is 222 Å². The molecule has 0 spiro atoms. The number of imidazole rings is 1. The van der Waals surface area contributed by atoms with Crippen LogP contribution in [0.5, 0.6) is 0 Å². The van der Waals surface area contributed by atoms with Crippen molar-refractivity contribution in [2.75, 3.05) is 11.1 Å². The fraction of sp³-hybridized carbons (Fsp3) is 0.143. The third-order valence-electron chi connectivity index (χ3n) is 6.33. The van der Waals surface area contributed by atoms with Gasteiger partial charge in [0, 0.05) is 17.2 Å². The van der Waals surface area contributed by atoms with Crippen LogP contribution in [0.15, 0.2) is 88.0 Å². The molecule has 0 aliphatic heterocycles. The van der Waals surface area contributed by atoms with Crippen LogP contribution in [0.3, 0.4) is 0 Å². The Hall–Kier alpha value is -5.32. The van der Waals surface area contributed by atoms with Gasteiger partial charge in [0.15, 0.2) is 17.3 Å². The summed E-state index contributed by atoms with van der Waals surface area (Å²) in [6, 6.07) is 24.9. The number of carbonyl (C=O) groups is 1. The molecule has 0 radical (unpaired) electrons. The molecule has 3 N–H and O–H groups in total. The summed E-state index contributed by atoms with van der Waals surface area (Å²) in [4.78, 5) is 22.3. The maximum atomic E-state index is 13.1. The summed E-state index contributed by atoms with van der Waals surface area (Å²) in [6.45, 7) is 2.02. The van der Waals surface area contributed by atoms with E-state index in [1.807, 2.05) is 54.6 Å². The van der Waals surface area contributed by atoms with Crippen molar-refractivity contribution in [3.8, 4) is 22.9 Å². The van der Waals surface area contributed by atoms with Crippen LogP contribution in [0.1, 0.15) is 24.3 Å². The summed E-state index contributed by atoms with van der Waals surface area (Å²) in [6.07, 6.45) is 0.791. The summed E-state index contributed by atoms with van der Waals surface area (Å²) in [7, 11) is 0. The summed E-state index contributed by atoms with van der Waals surface area (Å²) in [5.41, 5.74) is 10.1. The smallest absolute Gasteiger partial charge is 0.244 e. The van der Waals surface area contributed by atoms with E-state index in [4.69, 9.17) is 14.9 Å². The second kappa shape index (κ2) is 10.2. The van der Waals surface area contributed by atoms with Crippen LogP contribution in [0.4, 0.5) is 11.5 Å². The maximum Gasteiger partial charge on any atom is 0.244 e. The molecule has 0 bridgehead atoms. The molecule has 0 aliphatic rings. The van der Waals surface area contributed by atoms with Gasteiger partial charge in [0.2, 0.25) is 17.6 Å². The number of fused-ring (bicyclic) bond motifs is 1. The first-order chi connectivity index (χ1) is 19.0. The quantitative estimate of drug-likeness (QED) is 0.291. The number of nitrogens with two attached hydrogens (primary N) is 1. The minimum Gasteiger partial charge on any atom is -0.379 e. The zero-order valence-corrected chi connectivity index (χ0v) is 21.0. The molecule has 1 amide bonds. The van der Waals surface area contributed by atoms with Crippen molar-refractivity contribution in [1.82, 2.24) is 30.0 Å². The van der Waals surface area contributed by atoms with Gasteiger partial charge in [-0.05, 0) is 46.6 Å². The molecule has 3 aromatic carbocycles. The topological polar surface area (TPSA) is 151 Å². The van der Waals surface area contributed by atoms with Crippen molar-refractivity contribution in [3.63, 3.8) is 0 Å². The molecule has 39 heavy (non-hydrogen) atoms. The van der Waals surface area contributed by atoms with E-state index < -0.39 is 0 Å². The zero-order chi connectivity index (χ0) is 26.8. The van der Waals surface area contributed by atoms with Crippen LogP contribution in [0.2, 0.25) is 0 Å². The number of benzene rings is 3. The molecular weight excluding hydrogens is 496 g/mol. The van der Waals surface area contributed by atoms with Gasteiger partial charge >= 0.3 is 0 Å². The normalized spacial score (nSPS) is 12.0. The average Bonchev–Trinajstić information content (AvgIpc) is 3.69. The SMILES string of the molecule is CC(Cc1ccccc1)c1nc(-c2cccc(NC(=O)Cn3c(-c4nonc4N)nc4ccccc43)c2)no1. The second-order valence-corrected chi connectivity index (χ2v) is 9.18. The third kappa shape index (κ3) is 4.97. The number of amides is 1. The van der Waals surface area contributed by atoms with Crippen LogP contribution >= 0.6 is 0 Å². The largest absolute Gasteiger partial charge is 0.379 e. The van der Waals surface area contributed by atoms with E-state index in [1.165, 1.54) is 5.56 Å². The lowest BCUT2D eigenvalue weighted by Crippen LogP contribution is -2.19. The fourth-order valence-corrected chi connectivity index (χ4v) is 4.45. The molecule has 11 nitrogen and oxygen atoms in total. The van der Waals surface area contributed by atoms with Gasteiger partial charge in [-0.1, -0.05) is 66.7 Å². The van der Waals surface area contributed by atoms with Crippen molar-refractivity contribution >= 4 is 28.4 Å². The van der Waals surface area contributed by atoms with Crippen LogP contribution in [-0.4, -0.2) is 35.9 Å². The molecule has 0 aliphatic carbocycles. The first-order valence-electron chi connectivity index (χ1n) is 12.4. The van der Waals surface area contributed by atoms with Crippen LogP contribution in [-0.2, 0) is 17.8 Å². The molecule has 6 rings (SSSR count). The number of rotatable bonds is 8. The van der Waals surface area contributed by atoms with E-state index in [9.17, 15) is 4.79 Å². The van der Waals surface area contributed by atoms with Gasteiger partial charge < -0.3 is 20.1 Å². The Bertz CT molecular complexity index is 1760. The van der Waals surface area contributed by atoms with Gasteiger partial charge in [-0.15, -0.1) is 0 Å². The van der Waals surface area contributed by atoms with Gasteiger partial charge in [0.1, 0.15) is 6.54 Å². The lowest BCUT2D eigenvalue weighted by Gasteiger charge is -2.10. The molecule has 6 aromatic rings. The first kappa shape index (κ1) is 24.0. The number of hydrogen-bond donors (Lipinski definition) is 2. The summed E-state index contributed by atoms with van der Waals surface area (Å²) in [5, 5.41) is 14.6. The van der Waals surface area contributed by atoms with Crippen molar-refractivity contribution < 1.29 is 13.9 Å². The second-order valence-electron chi connectivity index (χ2n) is 9.18. The maximum absolute atomic E-state index is 13.1. The number of hydrogen-bond acceptors (Lipinski definition) is 9. The van der Waals surface area contributed by atoms with E-state index in [1.54, 1.807) is 16.7 Å². The highest BCUT2D eigenvalue weighted by Gasteiger charge is 2.21. The number of anilines is 2. The van der Waals surface area contributed by atoms with Crippen LogP contribution in [0.25, 0.3) is 33.9 Å². The monoisotopic (exact) mass is 520 g/mol. The molecule has 11 heteroatoms. The van der Waals surface area contributed by atoms with Gasteiger partial charge in [-0.2, -0.15) is 4.98 Å². The summed E-state index contributed by atoms with van der Waals surface area (Å²) >= 11 is 0. The van der Waals surface area contributed by atoms with Crippen molar-refractivity contribution in [3.05, 3.63) is 90.3 Å². The molecule has 0 saturated heterocycles. The summed E-state index contributed by atoms with van der Waals surface area (Å²) < 4.78 is 12.0. The van der Waals surface area contributed by atoms with Gasteiger partial charge in [0.05, 0.1) is 11.0 Å². The molecule has 1 unspecified atom stereocenters. The van der Waals surface area contributed by atoms with E-state index in [2.05, 4.69) is 49.8 Å². The molecule has 0 fully saturated rings. The minimum atomic E-state index is -0.267. The van der Waals surface area contributed by atoms with Gasteiger partial charge in [-0.25, -0.2) is 9.61 Å². The molecule has 3 aromatic heterocycles. The highest BCUT2D eigenvalue weighted by molar-refractivity contribution is 5.93. The molecule has 0 saturated carbocycles. The molecule has 194 valence electrons. The van der Waals surface area contributed by atoms with Crippen LogP contribution in [0, 0.1) is 0 Å². The highest BCUT2D eigenvalue weighted by Crippen LogP contribution is 2.27. The Morgan fingerprint density at radius 2 is 1.79 bits per heavy atom. The number of nitrogen functional groups attached to an aromatic ring is 1. The molecule has 1 atom stereocenters. The van der Waals surface area contributed by atoms with Crippen molar-refractivity contribution in [1.29, 1.82) is 0 Å². The predicted octanol–water partition coefficient (Wildman–Crippen LogP) is 4.70. The number of nitrogens with one attached hydrogen (secondary N) is 1. The van der Waals surface area contributed by atoms with E-state index >= 15 is 0 Å². The Kier molecular flexibility index (Phi) is 6.29. The molecular formula is C28H24N8O3. The number of carbonyl (C=O) groups excluding carboxylic acids is 1. The van der Waals surface area contributed by atoms with Gasteiger partial charge in [0.25, 0.3) is 0 Å². The number of nitrogens with zero attached hydrogens (tertiary/aromatic N) is 6. The van der Waals surface area contributed by atoms with Gasteiger partial charge in [-0.3, -0.25) is 4.79 Å². The molecule has 3 heterocycles. The highest BCUT2D eigenvalue weighted by atomic mass is 16.6. The average molecular weight is 521 g/mol. The Morgan fingerprint density at radius 1 is 0.974 bits per heavy atom.